The van der Waals surface area contributed by atoms with Crippen LogP contribution in [-0.4, -0.2) is 71.7 Å². The van der Waals surface area contributed by atoms with Crippen LogP contribution in [0.15, 0.2) is 18.6 Å². The van der Waals surface area contributed by atoms with Crippen LogP contribution in [0, 0.1) is 0 Å². The number of carbonyl (C=O) groups is 1. The minimum Gasteiger partial charge on any atom is -0.480 e. The fourth-order valence-corrected chi connectivity index (χ4v) is 3.91. The summed E-state index contributed by atoms with van der Waals surface area (Å²) in [5.74, 6) is 0.143. The Morgan fingerprint density at radius 1 is 1.38 bits per heavy atom. The third kappa shape index (κ3) is 3.62. The van der Waals surface area contributed by atoms with Gasteiger partial charge in [-0.15, -0.1) is 0 Å². The van der Waals surface area contributed by atoms with Crippen LogP contribution < -0.4 is 11.5 Å². The average molecular weight is 383 g/mol. The molecule has 142 valence electrons. The molecule has 0 saturated carbocycles. The second-order valence-corrected chi connectivity index (χ2v) is 7.22. The van der Waals surface area contributed by atoms with Crippen LogP contribution in [0.3, 0.4) is 0 Å². The average Bonchev–Trinajstić information content (AvgIpc) is 3.15. The van der Waals surface area contributed by atoms with Gasteiger partial charge in [-0.1, -0.05) is 0 Å². The number of pyridine rings is 1. The monoisotopic (exact) mass is 383 g/mol. The molecule has 0 amide bonds. The van der Waals surface area contributed by atoms with Crippen LogP contribution in [0.5, 0.6) is 0 Å². The van der Waals surface area contributed by atoms with Gasteiger partial charge in [0, 0.05) is 11.9 Å². The van der Waals surface area contributed by atoms with Crippen molar-refractivity contribution in [2.45, 2.75) is 37.0 Å². The van der Waals surface area contributed by atoms with Gasteiger partial charge in [-0.2, -0.15) is 11.8 Å². The lowest BCUT2D eigenvalue weighted by Crippen LogP contribution is -2.33. The SMILES string of the molecule is Nc1nccc2c1ncn2[C@@H]1O[C@H](CSCCC(N)C(=O)O)[C@@H](O)[C@H]1O. The van der Waals surface area contributed by atoms with Crippen molar-refractivity contribution >= 4 is 34.6 Å². The predicted octanol–water partition coefficient (Wildman–Crippen LogP) is -0.832. The first-order chi connectivity index (χ1) is 12.4. The molecule has 1 aliphatic heterocycles. The molecule has 5 atom stereocenters. The highest BCUT2D eigenvalue weighted by Gasteiger charge is 2.43. The Bertz CT molecular complexity index is 787. The molecule has 7 N–H and O–H groups in total. The molecule has 0 spiro atoms. The predicted molar refractivity (Wildman–Crippen MR) is 95.4 cm³/mol. The Morgan fingerprint density at radius 3 is 2.88 bits per heavy atom. The number of nitrogens with two attached hydrogens (primary N) is 2. The number of carboxylic acids is 1. The third-order valence-electron chi connectivity index (χ3n) is 4.30. The first-order valence-corrected chi connectivity index (χ1v) is 9.20. The van der Waals surface area contributed by atoms with Gasteiger partial charge in [0.05, 0.1) is 17.9 Å². The maximum atomic E-state index is 10.7. The van der Waals surface area contributed by atoms with Crippen LogP contribution in [0.4, 0.5) is 5.82 Å². The van der Waals surface area contributed by atoms with Crippen molar-refractivity contribution in [1.82, 2.24) is 14.5 Å². The first-order valence-electron chi connectivity index (χ1n) is 8.05. The van der Waals surface area contributed by atoms with Gasteiger partial charge in [0.25, 0.3) is 0 Å². The largest absolute Gasteiger partial charge is 0.480 e. The highest BCUT2D eigenvalue weighted by molar-refractivity contribution is 7.99. The Kier molecular flexibility index (Phi) is 5.63. The second-order valence-electron chi connectivity index (χ2n) is 6.07. The number of hydrogen-bond acceptors (Lipinski definition) is 9. The lowest BCUT2D eigenvalue weighted by atomic mass is 10.1. The zero-order valence-corrected chi connectivity index (χ0v) is 14.6. The molecule has 11 heteroatoms. The number of aliphatic hydroxyl groups excluding tert-OH is 2. The molecule has 3 heterocycles. The lowest BCUT2D eigenvalue weighted by molar-refractivity contribution is -0.138. The van der Waals surface area contributed by atoms with Crippen molar-refractivity contribution in [3.63, 3.8) is 0 Å². The van der Waals surface area contributed by atoms with Gasteiger partial charge in [0.1, 0.15) is 23.8 Å². The summed E-state index contributed by atoms with van der Waals surface area (Å²) in [4.78, 5) is 18.8. The zero-order chi connectivity index (χ0) is 18.8. The molecule has 3 rings (SSSR count). The van der Waals surface area contributed by atoms with Gasteiger partial charge in [0.2, 0.25) is 0 Å². The van der Waals surface area contributed by atoms with E-state index >= 15 is 0 Å². The highest BCUT2D eigenvalue weighted by atomic mass is 32.2. The summed E-state index contributed by atoms with van der Waals surface area (Å²) < 4.78 is 7.44. The minimum atomic E-state index is -1.13. The van der Waals surface area contributed by atoms with Crippen molar-refractivity contribution in [1.29, 1.82) is 0 Å². The normalized spacial score (nSPS) is 27.0. The van der Waals surface area contributed by atoms with Gasteiger partial charge in [0.15, 0.2) is 12.0 Å². The van der Waals surface area contributed by atoms with Crippen molar-refractivity contribution in [2.75, 3.05) is 17.2 Å². The van der Waals surface area contributed by atoms with Gasteiger partial charge in [-0.25, -0.2) is 9.97 Å². The van der Waals surface area contributed by atoms with Gasteiger partial charge < -0.3 is 36.1 Å². The summed E-state index contributed by atoms with van der Waals surface area (Å²) in [7, 11) is 0. The van der Waals surface area contributed by atoms with E-state index in [0.717, 1.165) is 0 Å². The molecule has 2 aromatic rings. The topological polar surface area (TPSA) is 170 Å². The number of thioether (sulfide) groups is 1. The summed E-state index contributed by atoms with van der Waals surface area (Å²) in [5.41, 5.74) is 12.4. The number of imidazole rings is 1. The number of hydrogen-bond donors (Lipinski definition) is 5. The minimum absolute atomic E-state index is 0.274. The van der Waals surface area contributed by atoms with Crippen LogP contribution >= 0.6 is 11.8 Å². The number of ether oxygens (including phenoxy) is 1. The number of aliphatic hydroxyl groups is 2. The molecule has 0 radical (unpaired) electrons. The van der Waals surface area contributed by atoms with E-state index in [0.29, 0.717) is 29.0 Å². The van der Waals surface area contributed by atoms with Crippen molar-refractivity contribution in [3.05, 3.63) is 18.6 Å². The van der Waals surface area contributed by atoms with E-state index < -0.39 is 36.6 Å². The highest BCUT2D eigenvalue weighted by Crippen LogP contribution is 2.33. The van der Waals surface area contributed by atoms with E-state index in [2.05, 4.69) is 9.97 Å². The quantitative estimate of drug-likeness (QED) is 0.380. The van der Waals surface area contributed by atoms with Crippen molar-refractivity contribution in [3.8, 4) is 0 Å². The van der Waals surface area contributed by atoms with E-state index in [4.69, 9.17) is 21.3 Å². The molecule has 0 aliphatic carbocycles. The second kappa shape index (κ2) is 7.76. The van der Waals surface area contributed by atoms with Crippen LogP contribution in [0.2, 0.25) is 0 Å². The van der Waals surface area contributed by atoms with Crippen LogP contribution in [0.1, 0.15) is 12.6 Å². The zero-order valence-electron chi connectivity index (χ0n) is 13.8. The molecule has 10 nitrogen and oxygen atoms in total. The molecule has 1 aliphatic rings. The summed E-state index contributed by atoms with van der Waals surface area (Å²) in [6, 6.07) is 0.794. The Balaban J connectivity index is 1.64. The van der Waals surface area contributed by atoms with Crippen LogP contribution in [0.25, 0.3) is 11.0 Å². The molecule has 1 saturated heterocycles. The molecule has 1 fully saturated rings. The van der Waals surface area contributed by atoms with E-state index in [-0.39, 0.29) is 5.82 Å². The summed E-state index contributed by atoms with van der Waals surface area (Å²) >= 11 is 1.41. The first kappa shape index (κ1) is 18.9. The van der Waals surface area contributed by atoms with Gasteiger partial charge in [-0.3, -0.25) is 4.79 Å². The number of aromatic nitrogens is 3. The Morgan fingerprint density at radius 2 is 2.15 bits per heavy atom. The smallest absolute Gasteiger partial charge is 0.320 e. The standard InChI is InChI=1S/C15H21N5O5S/c16-7(15(23)24)2-4-26-5-9-11(21)12(22)14(25-9)20-6-19-10-8(20)1-3-18-13(10)17/h1,3,6-7,9,11-12,14,21-22H,2,4-5,16H2,(H2,17,18)(H,23,24)/t7?,9-,11-,12-,14-/m1/s1. The number of rotatable bonds is 7. The van der Waals surface area contributed by atoms with E-state index in [1.807, 2.05) is 0 Å². The summed E-state index contributed by atoms with van der Waals surface area (Å²) in [5, 5.41) is 29.4. The number of carboxylic acid groups (broad SMARTS) is 1. The Hall–Kier alpha value is -1.92. The number of aliphatic carboxylic acids is 1. The molecule has 0 bridgehead atoms. The summed E-state index contributed by atoms with van der Waals surface area (Å²) in [6.45, 7) is 0. The van der Waals surface area contributed by atoms with Gasteiger partial charge in [-0.05, 0) is 18.2 Å². The fraction of sp³-hybridized carbons (Fsp3) is 0.533. The van der Waals surface area contributed by atoms with Crippen molar-refractivity contribution < 1.29 is 24.9 Å². The van der Waals surface area contributed by atoms with Crippen molar-refractivity contribution in [2.24, 2.45) is 5.73 Å². The van der Waals surface area contributed by atoms with Gasteiger partial charge >= 0.3 is 5.97 Å². The van der Waals surface area contributed by atoms with E-state index in [1.54, 1.807) is 10.6 Å². The maximum Gasteiger partial charge on any atom is 0.320 e. The fourth-order valence-electron chi connectivity index (χ4n) is 2.81. The van der Waals surface area contributed by atoms with E-state index in [1.165, 1.54) is 24.3 Å². The Labute approximate surface area is 153 Å². The molecule has 1 unspecified atom stereocenters. The lowest BCUT2D eigenvalue weighted by Gasteiger charge is -2.17. The van der Waals surface area contributed by atoms with Crippen LogP contribution in [-0.2, 0) is 9.53 Å². The maximum absolute atomic E-state index is 10.7. The number of anilines is 1. The number of fused-ring (bicyclic) bond motifs is 1. The molecule has 2 aromatic heterocycles. The summed E-state index contributed by atoms with van der Waals surface area (Å²) in [6.07, 6.45) is -0.266. The number of nitrogens with zero attached hydrogens (tertiary/aromatic N) is 3. The molecule has 0 aromatic carbocycles. The molecular weight excluding hydrogens is 362 g/mol. The van der Waals surface area contributed by atoms with E-state index in [9.17, 15) is 15.0 Å². The molecular formula is C15H21N5O5S. The molecule has 26 heavy (non-hydrogen) atoms. The third-order valence-corrected chi connectivity index (χ3v) is 5.39. The number of nitrogen functional groups attached to an aromatic ring is 1.